The van der Waals surface area contributed by atoms with Crippen LogP contribution in [-0.4, -0.2) is 56.4 Å². The summed E-state index contributed by atoms with van der Waals surface area (Å²) in [4.78, 5) is 28.7. The Kier molecular flexibility index (Phi) is 4.42. The molecule has 3 aromatic heterocycles. The molecule has 1 aliphatic carbocycles. The summed E-state index contributed by atoms with van der Waals surface area (Å²) in [6.45, 7) is 0. The van der Waals surface area contributed by atoms with E-state index in [-0.39, 0.29) is 22.9 Å². The quantitative estimate of drug-likeness (QED) is 0.693. The van der Waals surface area contributed by atoms with E-state index in [1.807, 2.05) is 0 Å². The van der Waals surface area contributed by atoms with Gasteiger partial charge in [0.05, 0.1) is 16.3 Å². The summed E-state index contributed by atoms with van der Waals surface area (Å²) in [5.41, 5.74) is 1.47. The number of hydrogen-bond acceptors (Lipinski definition) is 6. The third-order valence-electron chi connectivity index (χ3n) is 4.96. The molecule has 0 atom stereocenters. The molecule has 10 heteroatoms. The van der Waals surface area contributed by atoms with Crippen molar-refractivity contribution in [2.45, 2.75) is 37.0 Å². The van der Waals surface area contributed by atoms with Crippen LogP contribution in [0.4, 0.5) is 0 Å². The van der Waals surface area contributed by atoms with Crippen LogP contribution in [0.1, 0.15) is 36.2 Å². The zero-order valence-electron chi connectivity index (χ0n) is 14.8. The summed E-state index contributed by atoms with van der Waals surface area (Å²) >= 11 is 0. The zero-order chi connectivity index (χ0) is 19.0. The van der Waals surface area contributed by atoms with Crippen molar-refractivity contribution in [3.8, 4) is 5.95 Å². The monoisotopic (exact) mass is 388 g/mol. The maximum Gasteiger partial charge on any atom is 0.272 e. The minimum absolute atomic E-state index is 0.0628. The standard InChI is InChI=1S/C17H20N6O3S/c1-27(25,26)12-4-2-11(3-5-12)20-16(24)15-14-13(6-7-19-14)21-17(22-15)23-9-8-18-10-23/h6-12,19H,2-5H2,1H3,(H,20,24). The Bertz CT molecular complexity index is 1070. The van der Waals surface area contributed by atoms with Gasteiger partial charge in [-0.1, -0.05) is 0 Å². The highest BCUT2D eigenvalue weighted by atomic mass is 32.2. The smallest absolute Gasteiger partial charge is 0.272 e. The number of amides is 1. The third kappa shape index (κ3) is 3.57. The topological polar surface area (TPSA) is 123 Å². The molecule has 0 aliphatic heterocycles. The molecule has 2 N–H and O–H groups in total. The Balaban J connectivity index is 1.56. The highest BCUT2D eigenvalue weighted by Crippen LogP contribution is 2.24. The first-order valence-electron chi connectivity index (χ1n) is 8.75. The molecule has 0 radical (unpaired) electrons. The maximum absolute atomic E-state index is 12.9. The van der Waals surface area contributed by atoms with Crippen molar-refractivity contribution in [1.29, 1.82) is 0 Å². The summed E-state index contributed by atoms with van der Waals surface area (Å²) in [6.07, 6.45) is 10.3. The molecule has 1 fully saturated rings. The Hall–Kier alpha value is -2.75. The molecule has 0 bridgehead atoms. The molecule has 1 saturated carbocycles. The molecular formula is C17H20N6O3S. The van der Waals surface area contributed by atoms with E-state index in [1.54, 1.807) is 35.6 Å². The van der Waals surface area contributed by atoms with Gasteiger partial charge in [-0.15, -0.1) is 0 Å². The van der Waals surface area contributed by atoms with Gasteiger partial charge in [-0.25, -0.2) is 23.4 Å². The van der Waals surface area contributed by atoms with E-state index in [1.165, 1.54) is 6.26 Å². The number of aromatic amines is 1. The van der Waals surface area contributed by atoms with Crippen LogP contribution in [0.25, 0.3) is 17.0 Å². The lowest BCUT2D eigenvalue weighted by Crippen LogP contribution is -2.40. The Labute approximate surface area is 156 Å². The van der Waals surface area contributed by atoms with Crippen LogP contribution in [-0.2, 0) is 9.84 Å². The van der Waals surface area contributed by atoms with Crippen molar-refractivity contribution in [3.05, 3.63) is 36.7 Å². The molecule has 4 rings (SSSR count). The number of hydrogen-bond donors (Lipinski definition) is 2. The predicted molar refractivity (Wildman–Crippen MR) is 99.4 cm³/mol. The Morgan fingerprint density at radius 2 is 2.04 bits per heavy atom. The van der Waals surface area contributed by atoms with Gasteiger partial charge in [0, 0.05) is 30.9 Å². The SMILES string of the molecule is CS(=O)(=O)C1CCC(NC(=O)c2nc(-n3ccnc3)nc3cc[nH]c23)CC1. The molecule has 3 aromatic rings. The van der Waals surface area contributed by atoms with Gasteiger partial charge in [-0.2, -0.15) is 0 Å². The number of H-pyrrole nitrogens is 1. The molecule has 0 saturated heterocycles. The van der Waals surface area contributed by atoms with Crippen LogP contribution in [0, 0.1) is 0 Å². The number of aromatic nitrogens is 5. The van der Waals surface area contributed by atoms with Crippen molar-refractivity contribution >= 4 is 26.8 Å². The van der Waals surface area contributed by atoms with E-state index >= 15 is 0 Å². The van der Waals surface area contributed by atoms with Gasteiger partial charge in [0.2, 0.25) is 5.95 Å². The molecule has 9 nitrogen and oxygen atoms in total. The predicted octanol–water partition coefficient (Wildman–Crippen LogP) is 1.23. The van der Waals surface area contributed by atoms with E-state index in [2.05, 4.69) is 25.3 Å². The lowest BCUT2D eigenvalue weighted by molar-refractivity contribution is 0.0924. The van der Waals surface area contributed by atoms with Crippen LogP contribution >= 0.6 is 0 Å². The van der Waals surface area contributed by atoms with E-state index in [4.69, 9.17) is 0 Å². The van der Waals surface area contributed by atoms with Gasteiger partial charge in [0.25, 0.3) is 5.91 Å². The molecule has 1 aliphatic rings. The average molecular weight is 388 g/mol. The minimum atomic E-state index is -3.03. The number of nitrogens with one attached hydrogen (secondary N) is 2. The van der Waals surface area contributed by atoms with Crippen LogP contribution in [0.5, 0.6) is 0 Å². The van der Waals surface area contributed by atoms with Crippen LogP contribution in [0.2, 0.25) is 0 Å². The summed E-state index contributed by atoms with van der Waals surface area (Å²) in [7, 11) is -3.03. The number of imidazole rings is 1. The molecule has 1 amide bonds. The van der Waals surface area contributed by atoms with Gasteiger partial charge < -0.3 is 10.3 Å². The third-order valence-corrected chi connectivity index (χ3v) is 6.64. The molecule has 142 valence electrons. The van der Waals surface area contributed by atoms with Crippen LogP contribution < -0.4 is 5.32 Å². The molecular weight excluding hydrogens is 368 g/mol. The number of nitrogens with zero attached hydrogens (tertiary/aromatic N) is 4. The van der Waals surface area contributed by atoms with Gasteiger partial charge in [0.15, 0.2) is 5.69 Å². The zero-order valence-corrected chi connectivity index (χ0v) is 15.6. The second kappa shape index (κ2) is 6.76. The van der Waals surface area contributed by atoms with Gasteiger partial charge in [-0.3, -0.25) is 9.36 Å². The normalized spacial score (nSPS) is 20.6. The first-order chi connectivity index (χ1) is 12.9. The van der Waals surface area contributed by atoms with Crippen molar-refractivity contribution in [2.24, 2.45) is 0 Å². The first-order valence-corrected chi connectivity index (χ1v) is 10.7. The Morgan fingerprint density at radius 1 is 1.26 bits per heavy atom. The highest BCUT2D eigenvalue weighted by Gasteiger charge is 2.29. The number of carbonyl (C=O) groups is 1. The fraction of sp³-hybridized carbons (Fsp3) is 0.412. The van der Waals surface area contributed by atoms with Crippen molar-refractivity contribution in [1.82, 2.24) is 29.8 Å². The number of rotatable bonds is 4. The van der Waals surface area contributed by atoms with Crippen LogP contribution in [0.15, 0.2) is 31.0 Å². The summed E-state index contributed by atoms with van der Waals surface area (Å²) in [6, 6.07) is 1.72. The molecule has 0 spiro atoms. The minimum Gasteiger partial charge on any atom is -0.358 e. The van der Waals surface area contributed by atoms with Crippen molar-refractivity contribution in [3.63, 3.8) is 0 Å². The average Bonchev–Trinajstić information content (AvgIpc) is 3.32. The number of fused-ring (bicyclic) bond motifs is 1. The Morgan fingerprint density at radius 3 is 2.70 bits per heavy atom. The summed E-state index contributed by atoms with van der Waals surface area (Å²) in [5, 5.41) is 2.68. The first kappa shape index (κ1) is 17.7. The van der Waals surface area contributed by atoms with Crippen molar-refractivity contribution < 1.29 is 13.2 Å². The van der Waals surface area contributed by atoms with Gasteiger partial charge in [-0.05, 0) is 31.7 Å². The summed E-state index contributed by atoms with van der Waals surface area (Å²) < 4.78 is 25.0. The van der Waals surface area contributed by atoms with Gasteiger partial charge in [0.1, 0.15) is 16.2 Å². The largest absolute Gasteiger partial charge is 0.358 e. The molecule has 27 heavy (non-hydrogen) atoms. The molecule has 0 aromatic carbocycles. The summed E-state index contributed by atoms with van der Waals surface area (Å²) in [5.74, 6) is 0.0690. The van der Waals surface area contributed by atoms with Gasteiger partial charge >= 0.3 is 0 Å². The highest BCUT2D eigenvalue weighted by molar-refractivity contribution is 7.91. The fourth-order valence-electron chi connectivity index (χ4n) is 3.48. The van der Waals surface area contributed by atoms with E-state index in [0.29, 0.717) is 42.7 Å². The van der Waals surface area contributed by atoms with Crippen molar-refractivity contribution in [2.75, 3.05) is 6.26 Å². The second-order valence-corrected chi connectivity index (χ2v) is 9.18. The number of carbonyl (C=O) groups excluding carboxylic acids is 1. The number of sulfone groups is 1. The lowest BCUT2D eigenvalue weighted by atomic mass is 9.95. The maximum atomic E-state index is 12.9. The second-order valence-electron chi connectivity index (χ2n) is 6.86. The lowest BCUT2D eigenvalue weighted by Gasteiger charge is -2.28. The molecule has 0 unspecified atom stereocenters. The van der Waals surface area contributed by atoms with E-state index in [9.17, 15) is 13.2 Å². The van der Waals surface area contributed by atoms with E-state index in [0.717, 1.165) is 0 Å². The van der Waals surface area contributed by atoms with E-state index < -0.39 is 9.84 Å². The van der Waals surface area contributed by atoms with Crippen LogP contribution in [0.3, 0.4) is 0 Å². The molecule has 3 heterocycles. The fourth-order valence-corrected chi connectivity index (χ4v) is 4.61.